The van der Waals surface area contributed by atoms with Crippen molar-refractivity contribution >= 4 is 23.7 Å². The summed E-state index contributed by atoms with van der Waals surface area (Å²) in [7, 11) is 0. The Morgan fingerprint density at radius 3 is 2.59 bits per heavy atom. The molecule has 0 radical (unpaired) electrons. The van der Waals surface area contributed by atoms with Crippen LogP contribution in [-0.2, 0) is 16.1 Å². The number of rotatable bonds is 6. The number of aliphatic carboxylic acids is 1. The van der Waals surface area contributed by atoms with Crippen molar-refractivity contribution in [1.29, 1.82) is 0 Å². The molecule has 7 nitrogen and oxygen atoms in total. The first-order valence-electron chi connectivity index (χ1n) is 9.35. The number of nitrogens with zero attached hydrogens (tertiary/aromatic N) is 1. The molecule has 0 bridgehead atoms. The van der Waals surface area contributed by atoms with Crippen LogP contribution in [0.15, 0.2) is 42.5 Å². The lowest BCUT2D eigenvalue weighted by Gasteiger charge is -2.29. The van der Waals surface area contributed by atoms with Crippen molar-refractivity contribution in [2.75, 3.05) is 13.2 Å². The third-order valence-electron chi connectivity index (χ3n) is 4.80. The second-order valence-corrected chi connectivity index (χ2v) is 7.35. The molecule has 152 valence electrons. The summed E-state index contributed by atoms with van der Waals surface area (Å²) in [6.07, 6.45) is 0.778. The Hall–Kier alpha value is -2.93. The first-order chi connectivity index (χ1) is 14.0. The molecular formula is C21H20ClNO6. The van der Waals surface area contributed by atoms with Crippen LogP contribution in [-0.4, -0.2) is 41.3 Å². The van der Waals surface area contributed by atoms with Gasteiger partial charge in [-0.15, -0.1) is 0 Å². The van der Waals surface area contributed by atoms with Crippen LogP contribution in [0.4, 0.5) is 4.79 Å². The highest BCUT2D eigenvalue weighted by atomic mass is 35.5. The van der Waals surface area contributed by atoms with Gasteiger partial charge in [-0.1, -0.05) is 41.9 Å². The van der Waals surface area contributed by atoms with Crippen molar-refractivity contribution in [2.24, 2.45) is 0 Å². The summed E-state index contributed by atoms with van der Waals surface area (Å²) in [5, 5.41) is 10.2. The average molecular weight is 418 g/mol. The molecule has 2 aromatic carbocycles. The van der Waals surface area contributed by atoms with Gasteiger partial charge in [0, 0.05) is 6.04 Å². The Bertz CT molecular complexity index is 915. The topological polar surface area (TPSA) is 85.3 Å². The molecule has 0 aromatic heterocycles. The van der Waals surface area contributed by atoms with Crippen LogP contribution in [0.5, 0.6) is 11.5 Å². The standard InChI is InChI=1S/C21H20ClNO6/c22-16-10-14(11-17-19(16)28-9-8-27-17)18(20(24)25)23(15-6-7-15)21(26)29-12-13-4-2-1-3-5-13/h1-5,10-11,15,18H,6-9,12H2,(H,24,25). The van der Waals surface area contributed by atoms with E-state index in [1.165, 1.54) is 11.0 Å². The smallest absolute Gasteiger partial charge is 0.411 e. The molecule has 1 aliphatic carbocycles. The second kappa shape index (κ2) is 8.21. The molecule has 1 saturated carbocycles. The van der Waals surface area contributed by atoms with Crippen molar-refractivity contribution in [1.82, 2.24) is 4.90 Å². The highest BCUT2D eigenvalue weighted by Gasteiger charge is 2.43. The Balaban J connectivity index is 1.61. The minimum Gasteiger partial charge on any atom is -0.486 e. The summed E-state index contributed by atoms with van der Waals surface area (Å²) in [5.41, 5.74) is 1.17. The van der Waals surface area contributed by atoms with Gasteiger partial charge in [0.05, 0.1) is 5.02 Å². The molecule has 1 unspecified atom stereocenters. The zero-order valence-corrected chi connectivity index (χ0v) is 16.3. The Morgan fingerprint density at radius 2 is 1.90 bits per heavy atom. The van der Waals surface area contributed by atoms with Crippen molar-refractivity contribution in [3.63, 3.8) is 0 Å². The van der Waals surface area contributed by atoms with E-state index in [0.717, 1.165) is 18.4 Å². The fourth-order valence-electron chi connectivity index (χ4n) is 3.32. The SMILES string of the molecule is O=C(O)C(c1cc(Cl)c2c(c1)OCCO2)N(C(=O)OCc1ccccc1)C1CC1. The average Bonchev–Trinajstić information content (AvgIpc) is 3.55. The van der Waals surface area contributed by atoms with Gasteiger partial charge in [-0.25, -0.2) is 9.59 Å². The highest BCUT2D eigenvalue weighted by molar-refractivity contribution is 6.32. The normalized spacial score (nSPS) is 16.0. The monoisotopic (exact) mass is 417 g/mol. The second-order valence-electron chi connectivity index (χ2n) is 6.95. The van der Waals surface area contributed by atoms with Gasteiger partial charge in [0.2, 0.25) is 0 Å². The number of carboxylic acids is 1. The quantitative estimate of drug-likeness (QED) is 0.763. The van der Waals surface area contributed by atoms with Gasteiger partial charge in [-0.2, -0.15) is 0 Å². The summed E-state index contributed by atoms with van der Waals surface area (Å²) in [6, 6.07) is 10.9. The molecule has 1 aliphatic heterocycles. The van der Waals surface area contributed by atoms with Crippen LogP contribution in [0.3, 0.4) is 0 Å². The lowest BCUT2D eigenvalue weighted by Crippen LogP contribution is -2.41. The highest BCUT2D eigenvalue weighted by Crippen LogP contribution is 2.42. The number of carbonyl (C=O) groups excluding carboxylic acids is 1. The molecule has 0 saturated heterocycles. The number of hydrogen-bond donors (Lipinski definition) is 1. The maximum absolute atomic E-state index is 12.8. The van der Waals surface area contributed by atoms with E-state index in [2.05, 4.69) is 0 Å². The maximum Gasteiger partial charge on any atom is 0.411 e. The van der Waals surface area contributed by atoms with E-state index >= 15 is 0 Å². The van der Waals surface area contributed by atoms with Gasteiger partial charge in [-0.3, -0.25) is 4.90 Å². The molecule has 1 N–H and O–H groups in total. The summed E-state index contributed by atoms with van der Waals surface area (Å²) in [6.45, 7) is 0.779. The minimum atomic E-state index is -1.24. The fourth-order valence-corrected chi connectivity index (χ4v) is 3.60. The zero-order chi connectivity index (χ0) is 20.4. The third-order valence-corrected chi connectivity index (χ3v) is 5.08. The van der Waals surface area contributed by atoms with Gasteiger partial charge in [-0.05, 0) is 36.1 Å². The van der Waals surface area contributed by atoms with Crippen LogP contribution in [0, 0.1) is 0 Å². The molecule has 4 rings (SSSR count). The van der Waals surface area contributed by atoms with Gasteiger partial charge in [0.15, 0.2) is 17.5 Å². The summed E-state index contributed by atoms with van der Waals surface area (Å²) in [4.78, 5) is 26.3. The molecule has 2 aromatic rings. The van der Waals surface area contributed by atoms with Gasteiger partial charge in [0.1, 0.15) is 19.8 Å². The van der Waals surface area contributed by atoms with Crippen LogP contribution >= 0.6 is 11.6 Å². The van der Waals surface area contributed by atoms with E-state index in [1.54, 1.807) is 6.07 Å². The number of benzene rings is 2. The first kappa shape index (κ1) is 19.4. The number of hydrogen-bond acceptors (Lipinski definition) is 5. The minimum absolute atomic E-state index is 0.0666. The Labute approximate surface area is 172 Å². The van der Waals surface area contributed by atoms with Crippen molar-refractivity contribution in [3.05, 3.63) is 58.6 Å². The summed E-state index contributed by atoms with van der Waals surface area (Å²) in [5.74, 6) is -0.407. The van der Waals surface area contributed by atoms with Crippen molar-refractivity contribution in [3.8, 4) is 11.5 Å². The van der Waals surface area contributed by atoms with Crippen molar-refractivity contribution in [2.45, 2.75) is 31.5 Å². The van der Waals surface area contributed by atoms with Crippen molar-refractivity contribution < 1.29 is 28.9 Å². The lowest BCUT2D eigenvalue weighted by molar-refractivity contribution is -0.143. The van der Waals surface area contributed by atoms with E-state index in [-0.39, 0.29) is 17.7 Å². The van der Waals surface area contributed by atoms with Crippen LogP contribution < -0.4 is 9.47 Å². The molecular weight excluding hydrogens is 398 g/mol. The predicted molar refractivity (Wildman–Crippen MR) is 104 cm³/mol. The number of amides is 1. The number of carboxylic acid groups (broad SMARTS) is 1. The van der Waals surface area contributed by atoms with Gasteiger partial charge in [0.25, 0.3) is 0 Å². The number of ether oxygens (including phenoxy) is 3. The Morgan fingerprint density at radius 1 is 1.17 bits per heavy atom. The molecule has 0 spiro atoms. The summed E-state index contributed by atoms with van der Waals surface area (Å²) >= 11 is 6.28. The molecule has 29 heavy (non-hydrogen) atoms. The van der Waals surface area contributed by atoms with E-state index in [1.807, 2.05) is 30.3 Å². The molecule has 2 aliphatic rings. The zero-order valence-electron chi connectivity index (χ0n) is 15.5. The first-order valence-corrected chi connectivity index (χ1v) is 9.73. The van der Waals surface area contributed by atoms with Crippen LogP contribution in [0.25, 0.3) is 0 Å². The fraction of sp³-hybridized carbons (Fsp3) is 0.333. The molecule has 1 atom stereocenters. The van der Waals surface area contributed by atoms with Crippen LogP contribution in [0.1, 0.15) is 30.0 Å². The third kappa shape index (κ3) is 4.24. The number of fused-ring (bicyclic) bond motifs is 1. The summed E-state index contributed by atoms with van der Waals surface area (Å²) < 4.78 is 16.5. The van der Waals surface area contributed by atoms with Gasteiger partial charge < -0.3 is 19.3 Å². The van der Waals surface area contributed by atoms with Crippen LogP contribution in [0.2, 0.25) is 5.02 Å². The molecule has 1 amide bonds. The number of carbonyl (C=O) groups is 2. The Kier molecular flexibility index (Phi) is 5.49. The van der Waals surface area contributed by atoms with E-state index in [4.69, 9.17) is 25.8 Å². The largest absolute Gasteiger partial charge is 0.486 e. The van der Waals surface area contributed by atoms with Gasteiger partial charge >= 0.3 is 12.1 Å². The van der Waals surface area contributed by atoms with E-state index < -0.39 is 18.1 Å². The van der Waals surface area contributed by atoms with E-state index in [9.17, 15) is 14.7 Å². The maximum atomic E-state index is 12.8. The molecule has 1 heterocycles. The lowest BCUT2D eigenvalue weighted by atomic mass is 10.0. The molecule has 1 fully saturated rings. The predicted octanol–water partition coefficient (Wildman–Crippen LogP) is 4.04. The number of halogens is 1. The van der Waals surface area contributed by atoms with E-state index in [0.29, 0.717) is 30.3 Å². The molecule has 8 heteroatoms.